The van der Waals surface area contributed by atoms with Crippen LogP contribution in [0, 0.1) is 0 Å². The smallest absolute Gasteiger partial charge is 0.0127 e. The Hall–Kier alpha value is -0.220. The predicted molar refractivity (Wildman–Crippen MR) is 79.5 cm³/mol. The maximum Gasteiger partial charge on any atom is -0.0127 e. The molecule has 1 aromatic rings. The van der Waals surface area contributed by atoms with Crippen LogP contribution in [0.1, 0.15) is 81.8 Å². The van der Waals surface area contributed by atoms with Gasteiger partial charge in [0, 0.05) is 0 Å². The Morgan fingerprint density at radius 1 is 0.765 bits per heavy atom. The fourth-order valence-electron chi connectivity index (χ4n) is 3.07. The molecule has 0 aromatic carbocycles. The van der Waals surface area contributed by atoms with Crippen LogP contribution in [0.4, 0.5) is 0 Å². The molecule has 96 valence electrons. The molecule has 1 fully saturated rings. The Morgan fingerprint density at radius 3 is 1.76 bits per heavy atom. The molecule has 0 spiro atoms. The van der Waals surface area contributed by atoms with Gasteiger partial charge in [-0.1, -0.05) is 69.9 Å². The van der Waals surface area contributed by atoms with Gasteiger partial charge in [-0.05, 0) is 29.9 Å². The third-order valence-corrected chi connectivity index (χ3v) is 5.43. The molecule has 17 heavy (non-hydrogen) atoms. The average Bonchev–Trinajstić information content (AvgIpc) is 2.83. The highest BCUT2D eigenvalue weighted by molar-refractivity contribution is 7.30. The fourth-order valence-corrected chi connectivity index (χ4v) is 4.17. The number of hydrogen-bond donors (Lipinski definition) is 0. The Balaban J connectivity index is 1.84. The van der Waals surface area contributed by atoms with E-state index in [1.54, 1.807) is 5.30 Å². The predicted octanol–water partition coefficient (Wildman–Crippen LogP) is 6.11. The molecule has 0 bridgehead atoms. The lowest BCUT2D eigenvalue weighted by Crippen LogP contribution is -1.98. The summed E-state index contributed by atoms with van der Waals surface area (Å²) in [7, 11) is 0.999. The van der Waals surface area contributed by atoms with E-state index in [0.29, 0.717) is 0 Å². The molecule has 1 unspecified atom stereocenters. The summed E-state index contributed by atoms with van der Waals surface area (Å²) in [6, 6.07) is 4.67. The average molecular weight is 250 g/mol. The van der Waals surface area contributed by atoms with Gasteiger partial charge in [-0.2, -0.15) is 0 Å². The second-order valence-corrected chi connectivity index (χ2v) is 6.78. The summed E-state index contributed by atoms with van der Waals surface area (Å²) in [5, 5.41) is 1.75. The SMILES string of the molecule is c1c[pH]c(C2CCCCCCCCCCC2)c1. The molecular weight excluding hydrogens is 223 g/mol. The van der Waals surface area contributed by atoms with Crippen LogP contribution in [0.15, 0.2) is 17.9 Å². The van der Waals surface area contributed by atoms with Crippen LogP contribution in [-0.4, -0.2) is 0 Å². The molecule has 1 aromatic heterocycles. The Labute approximate surface area is 108 Å². The van der Waals surface area contributed by atoms with Gasteiger partial charge < -0.3 is 0 Å². The van der Waals surface area contributed by atoms with Crippen LogP contribution in [-0.2, 0) is 0 Å². The van der Waals surface area contributed by atoms with Crippen molar-refractivity contribution in [2.75, 3.05) is 0 Å². The lowest BCUT2D eigenvalue weighted by atomic mass is 9.92. The van der Waals surface area contributed by atoms with Gasteiger partial charge in [0.05, 0.1) is 0 Å². The molecule has 1 atom stereocenters. The summed E-state index contributed by atoms with van der Waals surface area (Å²) in [5.74, 6) is 3.27. The minimum absolute atomic E-state index is 0.919. The van der Waals surface area contributed by atoms with Crippen molar-refractivity contribution in [2.45, 2.75) is 76.5 Å². The van der Waals surface area contributed by atoms with E-state index in [0.717, 1.165) is 14.1 Å². The third kappa shape index (κ3) is 4.88. The molecule has 1 aliphatic carbocycles. The van der Waals surface area contributed by atoms with Crippen molar-refractivity contribution < 1.29 is 0 Å². The summed E-state index contributed by atoms with van der Waals surface area (Å²) in [4.78, 5) is 0. The monoisotopic (exact) mass is 250 g/mol. The Kier molecular flexibility index (Phi) is 6.21. The largest absolute Gasteiger partial charge is 0.136 e. The molecular formula is C16H27P. The molecule has 1 heteroatoms. The number of rotatable bonds is 1. The van der Waals surface area contributed by atoms with Gasteiger partial charge in [0.15, 0.2) is 0 Å². The maximum absolute atomic E-state index is 2.40. The summed E-state index contributed by atoms with van der Waals surface area (Å²) in [6.07, 6.45) is 16.2. The zero-order chi connectivity index (χ0) is 11.8. The third-order valence-electron chi connectivity index (χ3n) is 4.17. The van der Waals surface area contributed by atoms with E-state index < -0.39 is 0 Å². The van der Waals surface area contributed by atoms with Crippen LogP contribution in [0.25, 0.3) is 0 Å². The van der Waals surface area contributed by atoms with E-state index in [-0.39, 0.29) is 0 Å². The lowest BCUT2D eigenvalue weighted by Gasteiger charge is -2.17. The maximum atomic E-state index is 2.40. The van der Waals surface area contributed by atoms with Crippen molar-refractivity contribution >= 4 is 8.19 Å². The van der Waals surface area contributed by atoms with E-state index in [2.05, 4.69) is 17.9 Å². The quantitative estimate of drug-likeness (QED) is 0.564. The van der Waals surface area contributed by atoms with Crippen molar-refractivity contribution in [3.05, 3.63) is 23.2 Å². The highest BCUT2D eigenvalue weighted by Gasteiger charge is 2.11. The van der Waals surface area contributed by atoms with Crippen LogP contribution >= 0.6 is 8.19 Å². The van der Waals surface area contributed by atoms with E-state index in [1.165, 1.54) is 70.6 Å². The van der Waals surface area contributed by atoms with Gasteiger partial charge in [-0.15, -0.1) is 8.19 Å². The summed E-state index contributed by atoms with van der Waals surface area (Å²) in [6.45, 7) is 0. The van der Waals surface area contributed by atoms with Crippen LogP contribution in [0.5, 0.6) is 0 Å². The van der Waals surface area contributed by atoms with Gasteiger partial charge in [0.1, 0.15) is 0 Å². The molecule has 2 rings (SSSR count). The molecule has 0 amide bonds. The number of hydrogen-bond acceptors (Lipinski definition) is 0. The molecule has 0 N–H and O–H groups in total. The van der Waals surface area contributed by atoms with Gasteiger partial charge in [0.2, 0.25) is 0 Å². The topological polar surface area (TPSA) is 0 Å². The fraction of sp³-hybridized carbons (Fsp3) is 0.750. The van der Waals surface area contributed by atoms with Crippen LogP contribution in [0.2, 0.25) is 0 Å². The molecule has 0 radical (unpaired) electrons. The first-order valence-electron chi connectivity index (χ1n) is 7.60. The van der Waals surface area contributed by atoms with Gasteiger partial charge in [-0.3, -0.25) is 0 Å². The lowest BCUT2D eigenvalue weighted by molar-refractivity contribution is 0.471. The molecule has 0 aliphatic heterocycles. The van der Waals surface area contributed by atoms with E-state index in [9.17, 15) is 0 Å². The first kappa shape index (κ1) is 13.2. The normalized spacial score (nSPS) is 22.1. The van der Waals surface area contributed by atoms with E-state index in [1.807, 2.05) is 0 Å². The first-order chi connectivity index (χ1) is 8.47. The first-order valence-corrected chi connectivity index (χ1v) is 8.68. The Morgan fingerprint density at radius 2 is 1.29 bits per heavy atom. The zero-order valence-corrected chi connectivity index (χ0v) is 12.1. The molecule has 1 saturated carbocycles. The minimum Gasteiger partial charge on any atom is -0.136 e. The summed E-state index contributed by atoms with van der Waals surface area (Å²) >= 11 is 0. The summed E-state index contributed by atoms with van der Waals surface area (Å²) in [5.41, 5.74) is 0. The van der Waals surface area contributed by atoms with Crippen molar-refractivity contribution in [3.8, 4) is 0 Å². The standard InChI is InChI=1S/C16H27P/c1-2-4-6-8-11-15(12-9-7-5-3-1)16-13-10-14-17-16/h10,13-15,17H,1-9,11-12H2. The minimum atomic E-state index is 0.919. The van der Waals surface area contributed by atoms with Gasteiger partial charge >= 0.3 is 0 Å². The van der Waals surface area contributed by atoms with Gasteiger partial charge in [-0.25, -0.2) is 0 Å². The van der Waals surface area contributed by atoms with Crippen LogP contribution < -0.4 is 0 Å². The highest BCUT2D eigenvalue weighted by Crippen LogP contribution is 2.34. The highest BCUT2D eigenvalue weighted by atomic mass is 31.0. The summed E-state index contributed by atoms with van der Waals surface area (Å²) < 4.78 is 0. The Bertz CT molecular complexity index is 264. The molecule has 0 saturated heterocycles. The zero-order valence-electron chi connectivity index (χ0n) is 11.1. The molecule has 1 aliphatic rings. The van der Waals surface area contributed by atoms with Crippen molar-refractivity contribution in [1.29, 1.82) is 0 Å². The molecule has 1 heterocycles. The second kappa shape index (κ2) is 7.98. The van der Waals surface area contributed by atoms with Gasteiger partial charge in [0.25, 0.3) is 0 Å². The molecule has 0 nitrogen and oxygen atoms in total. The van der Waals surface area contributed by atoms with E-state index >= 15 is 0 Å². The van der Waals surface area contributed by atoms with Crippen molar-refractivity contribution in [3.63, 3.8) is 0 Å². The van der Waals surface area contributed by atoms with Crippen molar-refractivity contribution in [1.82, 2.24) is 0 Å². The van der Waals surface area contributed by atoms with Crippen molar-refractivity contribution in [2.24, 2.45) is 0 Å². The van der Waals surface area contributed by atoms with Crippen LogP contribution in [0.3, 0.4) is 0 Å². The van der Waals surface area contributed by atoms with E-state index in [4.69, 9.17) is 0 Å². The second-order valence-electron chi connectivity index (χ2n) is 5.58.